The minimum Gasteiger partial charge on any atom is -0.481 e. The molecular weight excluding hydrogens is 268 g/mol. The zero-order chi connectivity index (χ0) is 15.4. The fourth-order valence-electron chi connectivity index (χ4n) is 2.33. The molecule has 1 aromatic carbocycles. The normalized spacial score (nSPS) is 15.5. The summed E-state index contributed by atoms with van der Waals surface area (Å²) in [5, 5.41) is 8.85. The van der Waals surface area contributed by atoms with Crippen molar-refractivity contribution in [3.63, 3.8) is 0 Å². The van der Waals surface area contributed by atoms with Crippen LogP contribution in [0.5, 0.6) is 0 Å². The number of nitrogens with zero attached hydrogens (tertiary/aromatic N) is 1. The van der Waals surface area contributed by atoms with Crippen molar-refractivity contribution in [3.05, 3.63) is 29.8 Å². The van der Waals surface area contributed by atoms with Crippen molar-refractivity contribution in [2.24, 2.45) is 11.7 Å². The number of aryl methyl sites for hydroxylation is 1. The average Bonchev–Trinajstić information content (AvgIpc) is 3.25. The number of hydrogen-bond donors (Lipinski definition) is 2. The van der Waals surface area contributed by atoms with Gasteiger partial charge >= 0.3 is 5.97 Å². The van der Waals surface area contributed by atoms with E-state index in [1.165, 1.54) is 4.90 Å². The van der Waals surface area contributed by atoms with E-state index in [1.807, 2.05) is 31.2 Å². The van der Waals surface area contributed by atoms with Gasteiger partial charge in [-0.25, -0.2) is 0 Å². The Kier molecular flexibility index (Phi) is 4.96. The zero-order valence-electron chi connectivity index (χ0n) is 12.3. The molecular formula is C16H22N2O3. The fraction of sp³-hybridized carbons (Fsp3) is 0.500. The molecule has 1 fully saturated rings. The molecule has 1 saturated carbocycles. The summed E-state index contributed by atoms with van der Waals surface area (Å²) >= 11 is 0. The number of nitrogens with two attached hydrogens (primary N) is 1. The molecule has 114 valence electrons. The van der Waals surface area contributed by atoms with Crippen LogP contribution in [-0.2, 0) is 9.59 Å². The standard InChI is InChI=1S/C16H22N2O3/c1-11-2-6-13(7-3-11)18(9-8-16(20)21)15(19)10-14(17)12-4-5-12/h2-3,6-7,12,14H,4-5,8-10,17H2,1H3,(H,20,21). The maximum Gasteiger partial charge on any atom is 0.305 e. The lowest BCUT2D eigenvalue weighted by molar-refractivity contribution is -0.136. The molecule has 0 aromatic heterocycles. The van der Waals surface area contributed by atoms with Gasteiger partial charge in [0.1, 0.15) is 0 Å². The number of anilines is 1. The van der Waals surface area contributed by atoms with Crippen LogP contribution in [0.3, 0.4) is 0 Å². The van der Waals surface area contributed by atoms with Crippen molar-refractivity contribution in [2.45, 2.75) is 38.6 Å². The number of hydrogen-bond acceptors (Lipinski definition) is 3. The van der Waals surface area contributed by atoms with Crippen molar-refractivity contribution >= 4 is 17.6 Å². The van der Waals surface area contributed by atoms with Gasteiger partial charge in [-0.3, -0.25) is 9.59 Å². The van der Waals surface area contributed by atoms with Gasteiger partial charge in [0.25, 0.3) is 0 Å². The molecule has 1 aliphatic rings. The summed E-state index contributed by atoms with van der Waals surface area (Å²) in [6.45, 7) is 2.14. The second-order valence-corrected chi connectivity index (χ2v) is 5.73. The van der Waals surface area contributed by atoms with E-state index in [2.05, 4.69) is 0 Å². The third kappa shape index (κ3) is 4.56. The van der Waals surface area contributed by atoms with Crippen LogP contribution in [0.4, 0.5) is 5.69 Å². The van der Waals surface area contributed by atoms with Gasteiger partial charge < -0.3 is 15.7 Å². The van der Waals surface area contributed by atoms with Crippen molar-refractivity contribution in [1.82, 2.24) is 0 Å². The van der Waals surface area contributed by atoms with Gasteiger partial charge in [-0.15, -0.1) is 0 Å². The maximum atomic E-state index is 12.4. The highest BCUT2D eigenvalue weighted by atomic mass is 16.4. The molecule has 0 radical (unpaired) electrons. The second-order valence-electron chi connectivity index (χ2n) is 5.73. The predicted octanol–water partition coefficient (Wildman–Crippen LogP) is 1.93. The molecule has 0 aliphatic heterocycles. The highest BCUT2D eigenvalue weighted by Gasteiger charge is 2.31. The lowest BCUT2D eigenvalue weighted by Gasteiger charge is -2.24. The molecule has 1 unspecified atom stereocenters. The van der Waals surface area contributed by atoms with Crippen molar-refractivity contribution in [1.29, 1.82) is 0 Å². The molecule has 0 heterocycles. The van der Waals surface area contributed by atoms with Crippen LogP contribution >= 0.6 is 0 Å². The number of amides is 1. The lowest BCUT2D eigenvalue weighted by atomic mass is 10.1. The Morgan fingerprint density at radius 3 is 2.48 bits per heavy atom. The molecule has 1 atom stereocenters. The molecule has 1 aliphatic carbocycles. The molecule has 21 heavy (non-hydrogen) atoms. The molecule has 5 nitrogen and oxygen atoms in total. The number of benzene rings is 1. The Hall–Kier alpha value is -1.88. The number of carboxylic acids is 1. The SMILES string of the molecule is Cc1ccc(N(CCC(=O)O)C(=O)CC(N)C2CC2)cc1. The Balaban J connectivity index is 2.07. The summed E-state index contributed by atoms with van der Waals surface area (Å²) in [5.74, 6) is -0.556. The highest BCUT2D eigenvalue weighted by molar-refractivity contribution is 5.94. The van der Waals surface area contributed by atoms with Crippen molar-refractivity contribution < 1.29 is 14.7 Å². The van der Waals surface area contributed by atoms with Crippen LogP contribution in [-0.4, -0.2) is 29.6 Å². The average molecular weight is 290 g/mol. The Morgan fingerprint density at radius 1 is 1.33 bits per heavy atom. The van der Waals surface area contributed by atoms with Gasteiger partial charge in [0.2, 0.25) is 5.91 Å². The number of rotatable bonds is 7. The van der Waals surface area contributed by atoms with Gasteiger partial charge in [-0.2, -0.15) is 0 Å². The Morgan fingerprint density at radius 2 is 1.95 bits per heavy atom. The first kappa shape index (κ1) is 15.5. The van der Waals surface area contributed by atoms with E-state index in [1.54, 1.807) is 0 Å². The van der Waals surface area contributed by atoms with Crippen LogP contribution in [0.2, 0.25) is 0 Å². The molecule has 0 saturated heterocycles. The quantitative estimate of drug-likeness (QED) is 0.803. The minimum atomic E-state index is -0.911. The van der Waals surface area contributed by atoms with Crippen LogP contribution in [0, 0.1) is 12.8 Å². The molecule has 3 N–H and O–H groups in total. The molecule has 2 rings (SSSR count). The Labute approximate surface area is 124 Å². The highest BCUT2D eigenvalue weighted by Crippen LogP contribution is 2.33. The van der Waals surface area contributed by atoms with E-state index in [-0.39, 0.29) is 31.3 Å². The molecule has 5 heteroatoms. The van der Waals surface area contributed by atoms with Crippen LogP contribution in [0.1, 0.15) is 31.2 Å². The molecule has 0 bridgehead atoms. The maximum absolute atomic E-state index is 12.4. The van der Waals surface area contributed by atoms with Crippen molar-refractivity contribution in [3.8, 4) is 0 Å². The Bertz CT molecular complexity index is 509. The summed E-state index contributed by atoms with van der Waals surface area (Å²) in [5.41, 5.74) is 7.84. The van der Waals surface area contributed by atoms with Crippen molar-refractivity contribution in [2.75, 3.05) is 11.4 Å². The van der Waals surface area contributed by atoms with Gasteiger partial charge in [0.15, 0.2) is 0 Å². The molecule has 1 aromatic rings. The summed E-state index contributed by atoms with van der Waals surface area (Å²) in [6.07, 6.45) is 2.39. The summed E-state index contributed by atoms with van der Waals surface area (Å²) < 4.78 is 0. The first-order chi connectivity index (χ1) is 9.97. The van der Waals surface area contributed by atoms with E-state index in [0.717, 1.165) is 24.1 Å². The van der Waals surface area contributed by atoms with Crippen LogP contribution < -0.4 is 10.6 Å². The third-order valence-electron chi connectivity index (χ3n) is 3.83. The predicted molar refractivity (Wildman–Crippen MR) is 81.1 cm³/mol. The minimum absolute atomic E-state index is 0.0711. The van der Waals surface area contributed by atoms with Gasteiger partial charge in [0, 0.05) is 24.7 Å². The summed E-state index contributed by atoms with van der Waals surface area (Å²) in [6, 6.07) is 7.40. The largest absolute Gasteiger partial charge is 0.481 e. The fourth-order valence-corrected chi connectivity index (χ4v) is 2.33. The monoisotopic (exact) mass is 290 g/mol. The first-order valence-electron chi connectivity index (χ1n) is 7.32. The second kappa shape index (κ2) is 6.72. The summed E-state index contributed by atoms with van der Waals surface area (Å²) in [7, 11) is 0. The smallest absolute Gasteiger partial charge is 0.305 e. The third-order valence-corrected chi connectivity index (χ3v) is 3.83. The van der Waals surface area contributed by atoms with Gasteiger partial charge in [-0.05, 0) is 37.8 Å². The molecule has 0 spiro atoms. The number of carbonyl (C=O) groups excluding carboxylic acids is 1. The van der Waals surface area contributed by atoms with E-state index < -0.39 is 5.97 Å². The van der Waals surface area contributed by atoms with Gasteiger partial charge in [0.05, 0.1) is 6.42 Å². The summed E-state index contributed by atoms with van der Waals surface area (Å²) in [4.78, 5) is 24.8. The zero-order valence-corrected chi connectivity index (χ0v) is 12.3. The van der Waals surface area contributed by atoms with E-state index >= 15 is 0 Å². The van der Waals surface area contributed by atoms with Crippen LogP contribution in [0.25, 0.3) is 0 Å². The number of aliphatic carboxylic acids is 1. The van der Waals surface area contributed by atoms with Gasteiger partial charge in [-0.1, -0.05) is 17.7 Å². The van der Waals surface area contributed by atoms with E-state index in [9.17, 15) is 9.59 Å². The first-order valence-corrected chi connectivity index (χ1v) is 7.32. The topological polar surface area (TPSA) is 83.6 Å². The number of carbonyl (C=O) groups is 2. The molecule has 1 amide bonds. The van der Waals surface area contributed by atoms with E-state index in [4.69, 9.17) is 10.8 Å². The van der Waals surface area contributed by atoms with Crippen LogP contribution in [0.15, 0.2) is 24.3 Å². The lowest BCUT2D eigenvalue weighted by Crippen LogP contribution is -2.38. The number of carboxylic acid groups (broad SMARTS) is 1. The van der Waals surface area contributed by atoms with E-state index in [0.29, 0.717) is 5.92 Å².